The Morgan fingerprint density at radius 3 is 2.85 bits per heavy atom. The number of anilines is 1. The monoisotopic (exact) mass is 287 g/mol. The molecule has 0 unspecified atom stereocenters. The molecule has 1 aliphatic heterocycles. The fourth-order valence-corrected chi connectivity index (χ4v) is 2.23. The number of esters is 1. The molecule has 1 heterocycles. The molecule has 5 heteroatoms. The second kappa shape index (κ2) is 4.98. The Bertz CT molecular complexity index is 712. The van der Waals surface area contributed by atoms with Crippen LogP contribution in [0.3, 0.4) is 0 Å². The second-order valence-corrected chi connectivity index (χ2v) is 4.85. The lowest BCUT2D eigenvalue weighted by Gasteiger charge is -2.06. The van der Waals surface area contributed by atoms with E-state index in [1.165, 1.54) is 0 Å². The first kappa shape index (κ1) is 12.7. The van der Waals surface area contributed by atoms with Gasteiger partial charge in [0.15, 0.2) is 0 Å². The molecule has 4 nitrogen and oxygen atoms in total. The first-order valence-corrected chi connectivity index (χ1v) is 6.38. The van der Waals surface area contributed by atoms with Crippen molar-refractivity contribution < 1.29 is 14.3 Å². The van der Waals surface area contributed by atoms with Crippen LogP contribution < -0.4 is 5.32 Å². The third-order valence-electron chi connectivity index (χ3n) is 3.03. The lowest BCUT2D eigenvalue weighted by atomic mass is 10.1. The van der Waals surface area contributed by atoms with E-state index in [0.29, 0.717) is 21.8 Å². The Kier molecular flexibility index (Phi) is 3.16. The first-order chi connectivity index (χ1) is 9.63. The zero-order valence-electron chi connectivity index (χ0n) is 10.4. The minimum Gasteiger partial charge on any atom is -0.457 e. The van der Waals surface area contributed by atoms with Crippen molar-refractivity contribution in [1.29, 1.82) is 0 Å². The van der Waals surface area contributed by atoms with Crippen molar-refractivity contribution in [1.82, 2.24) is 0 Å². The summed E-state index contributed by atoms with van der Waals surface area (Å²) in [5, 5.41) is 3.27. The number of carbonyl (C=O) groups is 2. The summed E-state index contributed by atoms with van der Waals surface area (Å²) in [4.78, 5) is 23.4. The van der Waals surface area contributed by atoms with Crippen molar-refractivity contribution in [3.63, 3.8) is 0 Å². The van der Waals surface area contributed by atoms with Gasteiger partial charge < -0.3 is 10.1 Å². The fourth-order valence-electron chi connectivity index (χ4n) is 2.04. The minimum absolute atomic E-state index is 0.245. The van der Waals surface area contributed by atoms with Gasteiger partial charge in [-0.2, -0.15) is 0 Å². The van der Waals surface area contributed by atoms with Crippen molar-refractivity contribution in [2.75, 3.05) is 5.32 Å². The maximum Gasteiger partial charge on any atom is 0.338 e. The predicted octanol–water partition coefficient (Wildman–Crippen LogP) is 3.26. The van der Waals surface area contributed by atoms with Crippen molar-refractivity contribution in [3.05, 3.63) is 64.2 Å². The number of fused-ring (bicyclic) bond motifs is 1. The molecule has 0 saturated heterocycles. The van der Waals surface area contributed by atoms with Crippen LogP contribution in [0.25, 0.3) is 0 Å². The van der Waals surface area contributed by atoms with Gasteiger partial charge in [-0.25, -0.2) is 4.79 Å². The summed E-state index contributed by atoms with van der Waals surface area (Å²) in [6.45, 7) is 0.245. The van der Waals surface area contributed by atoms with Gasteiger partial charge in [-0.3, -0.25) is 4.79 Å². The molecule has 1 amide bonds. The summed E-state index contributed by atoms with van der Waals surface area (Å²) < 4.78 is 4.91. The molecule has 1 N–H and O–H groups in total. The molecule has 0 spiro atoms. The van der Waals surface area contributed by atoms with Gasteiger partial charge in [0.05, 0.1) is 5.56 Å². The van der Waals surface area contributed by atoms with Crippen LogP contribution >= 0.6 is 11.6 Å². The number of nitrogens with one attached hydrogen (secondary N) is 1. The van der Waals surface area contributed by atoms with E-state index in [0.717, 1.165) is 5.56 Å². The molecule has 3 rings (SSSR count). The van der Waals surface area contributed by atoms with Crippen LogP contribution in [-0.4, -0.2) is 11.9 Å². The van der Waals surface area contributed by atoms with Crippen LogP contribution in [0.1, 0.15) is 26.3 Å². The van der Waals surface area contributed by atoms with Crippen LogP contribution in [0.4, 0.5) is 5.69 Å². The Labute approximate surface area is 120 Å². The number of halogens is 1. The van der Waals surface area contributed by atoms with E-state index >= 15 is 0 Å². The van der Waals surface area contributed by atoms with Crippen LogP contribution in [0.15, 0.2) is 42.5 Å². The molecular formula is C15H10ClNO3. The van der Waals surface area contributed by atoms with Gasteiger partial charge in [0.2, 0.25) is 0 Å². The van der Waals surface area contributed by atoms with Crippen LogP contribution in [0.2, 0.25) is 5.02 Å². The molecule has 2 aromatic rings. The van der Waals surface area contributed by atoms with Gasteiger partial charge in [-0.1, -0.05) is 17.7 Å². The van der Waals surface area contributed by atoms with Gasteiger partial charge >= 0.3 is 5.97 Å². The Morgan fingerprint density at radius 2 is 2.05 bits per heavy atom. The number of hydrogen-bond acceptors (Lipinski definition) is 3. The number of rotatable bonds is 2. The molecule has 0 aromatic heterocycles. The average molecular weight is 288 g/mol. The third kappa shape index (κ3) is 2.38. The van der Waals surface area contributed by atoms with Gasteiger partial charge in [-0.15, -0.1) is 0 Å². The standard InChI is InChI=1S/C15H10ClNO3/c16-11-3-1-2-9(6-11)14(18)17-12-4-5-13-10(7-12)8-20-15(13)19/h1-7H,8H2,(H,17,18). The van der Waals surface area contributed by atoms with Gasteiger partial charge in [0, 0.05) is 21.8 Å². The lowest BCUT2D eigenvalue weighted by molar-refractivity contribution is 0.0535. The number of hydrogen-bond donors (Lipinski definition) is 1. The summed E-state index contributed by atoms with van der Waals surface area (Å²) in [7, 11) is 0. The summed E-state index contributed by atoms with van der Waals surface area (Å²) in [5.41, 5.74) is 2.42. The highest BCUT2D eigenvalue weighted by Gasteiger charge is 2.21. The smallest absolute Gasteiger partial charge is 0.338 e. The van der Waals surface area contributed by atoms with Crippen LogP contribution in [0.5, 0.6) is 0 Å². The summed E-state index contributed by atoms with van der Waals surface area (Å²) >= 11 is 5.85. The zero-order chi connectivity index (χ0) is 14.1. The molecule has 0 aliphatic carbocycles. The molecule has 20 heavy (non-hydrogen) atoms. The number of carbonyl (C=O) groups excluding carboxylic acids is 2. The Balaban J connectivity index is 1.82. The number of ether oxygens (including phenoxy) is 1. The quantitative estimate of drug-likeness (QED) is 0.863. The van der Waals surface area contributed by atoms with Crippen molar-refractivity contribution in [2.24, 2.45) is 0 Å². The maximum atomic E-state index is 12.1. The Morgan fingerprint density at radius 1 is 1.20 bits per heavy atom. The summed E-state index contributed by atoms with van der Waals surface area (Å²) in [6.07, 6.45) is 0. The van der Waals surface area contributed by atoms with Gasteiger partial charge in [-0.05, 0) is 36.4 Å². The SMILES string of the molecule is O=C(Nc1ccc2c(c1)COC2=O)c1cccc(Cl)c1. The van der Waals surface area contributed by atoms with Crippen LogP contribution in [-0.2, 0) is 11.3 Å². The molecule has 0 saturated carbocycles. The number of cyclic esters (lactones) is 1. The molecular weight excluding hydrogens is 278 g/mol. The van der Waals surface area contributed by atoms with Gasteiger partial charge in [0.1, 0.15) is 6.61 Å². The first-order valence-electron chi connectivity index (χ1n) is 6.00. The van der Waals surface area contributed by atoms with Crippen molar-refractivity contribution in [3.8, 4) is 0 Å². The van der Waals surface area contributed by atoms with E-state index in [-0.39, 0.29) is 18.5 Å². The average Bonchev–Trinajstić information content (AvgIpc) is 2.80. The topological polar surface area (TPSA) is 55.4 Å². The lowest BCUT2D eigenvalue weighted by Crippen LogP contribution is -2.12. The Hall–Kier alpha value is -2.33. The largest absolute Gasteiger partial charge is 0.457 e. The molecule has 0 radical (unpaired) electrons. The van der Waals surface area contributed by atoms with Crippen LogP contribution in [0, 0.1) is 0 Å². The second-order valence-electron chi connectivity index (χ2n) is 4.41. The third-order valence-corrected chi connectivity index (χ3v) is 3.26. The molecule has 2 aromatic carbocycles. The van der Waals surface area contributed by atoms with E-state index in [9.17, 15) is 9.59 Å². The number of amides is 1. The highest BCUT2D eigenvalue weighted by Crippen LogP contribution is 2.23. The highest BCUT2D eigenvalue weighted by molar-refractivity contribution is 6.31. The van der Waals surface area contributed by atoms with E-state index in [1.807, 2.05) is 0 Å². The molecule has 1 aliphatic rings. The normalized spacial score (nSPS) is 12.8. The minimum atomic E-state index is -0.326. The fraction of sp³-hybridized carbons (Fsp3) is 0.0667. The maximum absolute atomic E-state index is 12.1. The van der Waals surface area contributed by atoms with Crippen molar-refractivity contribution >= 4 is 29.2 Å². The molecule has 0 fully saturated rings. The highest BCUT2D eigenvalue weighted by atomic mass is 35.5. The van der Waals surface area contributed by atoms with E-state index in [4.69, 9.17) is 16.3 Å². The van der Waals surface area contributed by atoms with Crippen molar-refractivity contribution in [2.45, 2.75) is 6.61 Å². The van der Waals surface area contributed by atoms with E-state index in [1.54, 1.807) is 42.5 Å². The predicted molar refractivity (Wildman–Crippen MR) is 75.0 cm³/mol. The zero-order valence-corrected chi connectivity index (χ0v) is 11.1. The molecule has 0 atom stereocenters. The number of benzene rings is 2. The summed E-state index contributed by atoms with van der Waals surface area (Å²) in [6, 6.07) is 11.8. The summed E-state index contributed by atoms with van der Waals surface area (Å²) in [5.74, 6) is -0.578. The van der Waals surface area contributed by atoms with E-state index < -0.39 is 0 Å². The van der Waals surface area contributed by atoms with E-state index in [2.05, 4.69) is 5.32 Å². The molecule has 0 bridgehead atoms. The molecule has 100 valence electrons. The van der Waals surface area contributed by atoms with Gasteiger partial charge in [0.25, 0.3) is 5.91 Å².